The zero-order valence-corrected chi connectivity index (χ0v) is 46.6. The zero-order chi connectivity index (χ0) is 54.5. The Hall–Kier alpha value is -1.29. The molecule has 0 N–H and O–H groups in total. The summed E-state index contributed by atoms with van der Waals surface area (Å²) in [5.41, 5.74) is 0. The number of hydrogen-bond donors (Lipinski definition) is 0. The van der Waals surface area contributed by atoms with Crippen molar-refractivity contribution in [2.24, 2.45) is 0 Å². The van der Waals surface area contributed by atoms with Gasteiger partial charge in [-0.15, -0.1) is 0 Å². The fraction of sp³-hybridized carbons (Fsp3) is 0.980. The molecule has 76 heavy (non-hydrogen) atoms. The molecule has 0 aromatic carbocycles. The van der Waals surface area contributed by atoms with Crippen LogP contribution in [0.1, 0.15) is 13.3 Å². The van der Waals surface area contributed by atoms with E-state index in [0.717, 1.165) is 0 Å². The van der Waals surface area contributed by atoms with Crippen LogP contribution >= 0.6 is 0 Å². The van der Waals surface area contributed by atoms with Gasteiger partial charge in [-0.1, -0.05) is 0 Å². The van der Waals surface area contributed by atoms with Crippen LogP contribution in [0.15, 0.2) is 0 Å². The van der Waals surface area contributed by atoms with E-state index >= 15 is 0 Å². The highest BCUT2D eigenvalue weighted by Gasteiger charge is 2.00. The maximum absolute atomic E-state index is 10.8. The van der Waals surface area contributed by atoms with Gasteiger partial charge in [0, 0.05) is 13.5 Å². The molecular formula is C51H102O25. The number of carbonyl (C=O) groups excluding carboxylic acids is 1. The molecule has 0 spiro atoms. The minimum absolute atomic E-state index is 0.121. The Morgan fingerprint density at radius 3 is 0.355 bits per heavy atom. The fourth-order valence-electron chi connectivity index (χ4n) is 5.30. The number of Topliss-reactive ketones (excluding diaryl/α,β-unsaturated/α-hetero) is 1. The molecule has 0 aromatic rings. The van der Waals surface area contributed by atoms with E-state index in [1.807, 2.05) is 0 Å². The number of carbonyl (C=O) groups is 1. The SMILES string of the molecule is COCCOCCOCCOCCOCCOCCOCCOCCOCCOCCOCCOCCOCCOCCOCCOCCOCCOCCOCCOCCOCCOCCOCCOCCC(C)=O. The normalized spacial score (nSPS) is 11.7. The molecule has 25 heteroatoms. The molecule has 0 aliphatic carbocycles. The Bertz CT molecular complexity index is 1050. The van der Waals surface area contributed by atoms with Crippen LogP contribution in [0.5, 0.6) is 0 Å². The Balaban J connectivity index is 3.08. The second-order valence-electron chi connectivity index (χ2n) is 15.5. The molecule has 0 aliphatic heterocycles. The first kappa shape index (κ1) is 74.7. The highest BCUT2D eigenvalue weighted by Crippen LogP contribution is 1.91. The van der Waals surface area contributed by atoms with Crippen LogP contribution in [0.25, 0.3) is 0 Å². The maximum atomic E-state index is 10.8. The second kappa shape index (κ2) is 71.7. The van der Waals surface area contributed by atoms with Crippen molar-refractivity contribution in [3.05, 3.63) is 0 Å². The van der Waals surface area contributed by atoms with Gasteiger partial charge in [-0.05, 0) is 6.92 Å². The number of ether oxygens (including phenoxy) is 24. The molecule has 0 unspecified atom stereocenters. The third-order valence-corrected chi connectivity index (χ3v) is 9.21. The van der Waals surface area contributed by atoms with E-state index in [1.165, 1.54) is 0 Å². The molecule has 0 saturated carbocycles. The number of hydrogen-bond acceptors (Lipinski definition) is 25. The molecule has 0 rings (SSSR count). The predicted octanol–water partition coefficient (Wildman–Crippen LogP) is 0.994. The van der Waals surface area contributed by atoms with E-state index in [4.69, 9.17) is 114 Å². The summed E-state index contributed by atoms with van der Waals surface area (Å²) < 4.78 is 131. The molecule has 0 fully saturated rings. The van der Waals surface area contributed by atoms with Gasteiger partial charge in [-0.2, -0.15) is 0 Å². The van der Waals surface area contributed by atoms with Gasteiger partial charge in [0.2, 0.25) is 0 Å². The van der Waals surface area contributed by atoms with Crippen LogP contribution in [0.4, 0.5) is 0 Å². The first-order chi connectivity index (χ1) is 37.8. The second-order valence-corrected chi connectivity index (χ2v) is 15.5. The predicted molar refractivity (Wildman–Crippen MR) is 276 cm³/mol. The van der Waals surface area contributed by atoms with Crippen LogP contribution in [0.2, 0.25) is 0 Å². The summed E-state index contributed by atoms with van der Waals surface area (Å²) >= 11 is 0. The molecular weight excluding hydrogens is 1010 g/mol. The van der Waals surface area contributed by atoms with Gasteiger partial charge in [0.1, 0.15) is 5.78 Å². The average Bonchev–Trinajstić information content (AvgIpc) is 3.42. The summed E-state index contributed by atoms with van der Waals surface area (Å²) in [6, 6.07) is 0. The summed E-state index contributed by atoms with van der Waals surface area (Å²) in [6.07, 6.45) is 0.435. The Kier molecular flexibility index (Phi) is 70.5. The molecule has 0 bridgehead atoms. The topological polar surface area (TPSA) is 239 Å². The van der Waals surface area contributed by atoms with Crippen molar-refractivity contribution in [2.45, 2.75) is 13.3 Å². The van der Waals surface area contributed by atoms with E-state index in [1.54, 1.807) is 14.0 Å². The summed E-state index contributed by atoms with van der Waals surface area (Å²) in [5, 5.41) is 0. The lowest BCUT2D eigenvalue weighted by atomic mass is 10.3. The molecule has 0 amide bonds. The van der Waals surface area contributed by atoms with Gasteiger partial charge < -0.3 is 114 Å². The van der Waals surface area contributed by atoms with Crippen LogP contribution in [-0.2, 0) is 118 Å². The Morgan fingerprint density at radius 2 is 0.263 bits per heavy atom. The summed E-state index contributed by atoms with van der Waals surface area (Å²) in [7, 11) is 1.64. The van der Waals surface area contributed by atoms with E-state index < -0.39 is 0 Å². The van der Waals surface area contributed by atoms with Crippen molar-refractivity contribution in [3.8, 4) is 0 Å². The molecule has 0 aliphatic rings. The lowest BCUT2D eigenvalue weighted by Crippen LogP contribution is -2.16. The van der Waals surface area contributed by atoms with E-state index in [9.17, 15) is 4.79 Å². The molecule has 0 radical (unpaired) electrons. The highest BCUT2D eigenvalue weighted by molar-refractivity contribution is 5.75. The van der Waals surface area contributed by atoms with Gasteiger partial charge in [-0.25, -0.2) is 0 Å². The van der Waals surface area contributed by atoms with Crippen LogP contribution in [0.3, 0.4) is 0 Å². The molecule has 0 atom stereocenters. The first-order valence-electron chi connectivity index (χ1n) is 27.0. The van der Waals surface area contributed by atoms with E-state index in [-0.39, 0.29) is 5.78 Å². The van der Waals surface area contributed by atoms with Crippen molar-refractivity contribution >= 4 is 5.78 Å². The first-order valence-corrected chi connectivity index (χ1v) is 27.0. The highest BCUT2D eigenvalue weighted by atomic mass is 16.6. The Morgan fingerprint density at radius 1 is 0.171 bits per heavy atom. The molecule has 0 aromatic heterocycles. The van der Waals surface area contributed by atoms with Gasteiger partial charge >= 0.3 is 0 Å². The van der Waals surface area contributed by atoms with Crippen molar-refractivity contribution in [3.63, 3.8) is 0 Å². The van der Waals surface area contributed by atoms with Crippen LogP contribution in [0, 0.1) is 0 Å². The standard InChI is InChI=1S/C51H102O25/c1-51(52)3-4-54-7-8-56-11-12-58-15-16-60-19-20-62-23-24-64-27-28-66-31-32-68-35-36-70-39-40-72-43-44-74-47-48-76-50-49-75-46-45-73-42-41-71-38-37-69-34-33-67-30-29-65-26-25-63-22-21-61-18-17-59-14-13-57-10-9-55-6-5-53-2/h3-50H2,1-2H3. The van der Waals surface area contributed by atoms with Gasteiger partial charge in [0.15, 0.2) is 0 Å². The van der Waals surface area contributed by atoms with Gasteiger partial charge in [0.05, 0.1) is 311 Å². The van der Waals surface area contributed by atoms with Gasteiger partial charge in [0.25, 0.3) is 0 Å². The molecule has 0 heterocycles. The number of ketones is 1. The number of methoxy groups -OCH3 is 1. The van der Waals surface area contributed by atoms with E-state index in [2.05, 4.69) is 0 Å². The monoisotopic (exact) mass is 1110 g/mol. The fourth-order valence-corrected chi connectivity index (χ4v) is 5.30. The van der Waals surface area contributed by atoms with Gasteiger partial charge in [-0.3, -0.25) is 4.79 Å². The smallest absolute Gasteiger partial charge is 0.132 e. The lowest BCUT2D eigenvalue weighted by Gasteiger charge is -2.09. The zero-order valence-electron chi connectivity index (χ0n) is 46.6. The van der Waals surface area contributed by atoms with Crippen molar-refractivity contribution in [2.75, 3.05) is 318 Å². The third kappa shape index (κ3) is 72.7. The largest absolute Gasteiger partial charge is 0.382 e. The lowest BCUT2D eigenvalue weighted by molar-refractivity contribution is -0.118. The van der Waals surface area contributed by atoms with E-state index in [0.29, 0.717) is 317 Å². The minimum atomic E-state index is 0.121. The summed E-state index contributed by atoms with van der Waals surface area (Å²) in [4.78, 5) is 10.8. The molecule has 0 saturated heterocycles. The number of rotatable bonds is 72. The van der Waals surface area contributed by atoms with Crippen molar-refractivity contribution in [1.82, 2.24) is 0 Å². The molecule has 456 valence electrons. The average molecular weight is 1120 g/mol. The Labute approximate surface area is 454 Å². The quantitative estimate of drug-likeness (QED) is 0.0772. The maximum Gasteiger partial charge on any atom is 0.132 e. The summed E-state index contributed by atoms with van der Waals surface area (Å²) in [6.45, 7) is 24.9. The van der Waals surface area contributed by atoms with Crippen molar-refractivity contribution < 1.29 is 118 Å². The van der Waals surface area contributed by atoms with Crippen molar-refractivity contribution in [1.29, 1.82) is 0 Å². The molecule has 25 nitrogen and oxygen atoms in total. The third-order valence-electron chi connectivity index (χ3n) is 9.21. The van der Waals surface area contributed by atoms with Crippen LogP contribution < -0.4 is 0 Å². The van der Waals surface area contributed by atoms with Crippen LogP contribution in [-0.4, -0.2) is 323 Å². The summed E-state index contributed by atoms with van der Waals surface area (Å²) in [5.74, 6) is 0.121. The minimum Gasteiger partial charge on any atom is -0.382 e.